The summed E-state index contributed by atoms with van der Waals surface area (Å²) < 4.78 is 38.9. The zero-order valence-electron chi connectivity index (χ0n) is 18.6. The molecular weight excluding hydrogens is 440 g/mol. The van der Waals surface area contributed by atoms with E-state index in [4.69, 9.17) is 9.47 Å². The number of fused-ring (bicyclic) bond motifs is 1. The van der Waals surface area contributed by atoms with Gasteiger partial charge in [0.2, 0.25) is 10.0 Å². The summed E-state index contributed by atoms with van der Waals surface area (Å²) in [5, 5.41) is 0. The molecule has 0 unspecified atom stereocenters. The van der Waals surface area contributed by atoms with Crippen molar-refractivity contribution in [2.75, 3.05) is 20.2 Å². The lowest BCUT2D eigenvalue weighted by atomic mass is 9.99. The topological polar surface area (TPSA) is 84.9 Å². The fraction of sp³-hybridized carbons (Fsp3) is 0.240. The molecule has 172 valence electrons. The fourth-order valence-corrected chi connectivity index (χ4v) is 4.98. The van der Waals surface area contributed by atoms with Gasteiger partial charge in [-0.15, -0.1) is 0 Å². The first-order valence-corrected chi connectivity index (χ1v) is 12.2. The number of ether oxygens (including phenoxy) is 2. The second-order valence-corrected chi connectivity index (χ2v) is 9.41. The first-order chi connectivity index (χ1) is 15.9. The smallest absolute Gasteiger partial charge is 0.257 e. The van der Waals surface area contributed by atoms with E-state index in [1.807, 2.05) is 37.3 Å². The van der Waals surface area contributed by atoms with Gasteiger partial charge in [0.1, 0.15) is 5.75 Å². The number of nitrogens with one attached hydrogen (secondary N) is 1. The molecule has 0 aromatic heterocycles. The Balaban J connectivity index is 1.61. The molecule has 8 heteroatoms. The molecule has 1 N–H and O–H groups in total. The number of hydrogen-bond donors (Lipinski definition) is 1. The highest BCUT2D eigenvalue weighted by Gasteiger charge is 2.28. The van der Waals surface area contributed by atoms with E-state index >= 15 is 0 Å². The zero-order valence-corrected chi connectivity index (χ0v) is 19.4. The van der Waals surface area contributed by atoms with E-state index in [0.29, 0.717) is 48.9 Å². The van der Waals surface area contributed by atoms with E-state index < -0.39 is 10.0 Å². The van der Waals surface area contributed by atoms with Crippen LogP contribution in [0.2, 0.25) is 0 Å². The van der Waals surface area contributed by atoms with E-state index in [9.17, 15) is 13.2 Å². The summed E-state index contributed by atoms with van der Waals surface area (Å²) in [6.07, 6.45) is 0.453. The average molecular weight is 467 g/mol. The fourth-order valence-electron chi connectivity index (χ4n) is 3.94. The molecular formula is C25H26N2O5S. The van der Waals surface area contributed by atoms with Gasteiger partial charge in [0.15, 0.2) is 11.5 Å². The Bertz CT molecular complexity index is 1270. The van der Waals surface area contributed by atoms with Gasteiger partial charge in [-0.05, 0) is 61.9 Å². The highest BCUT2D eigenvalue weighted by molar-refractivity contribution is 7.89. The molecule has 1 heterocycles. The number of hydrogen-bond acceptors (Lipinski definition) is 5. The van der Waals surface area contributed by atoms with Gasteiger partial charge in [-0.2, -0.15) is 0 Å². The van der Waals surface area contributed by atoms with Crippen molar-refractivity contribution in [1.29, 1.82) is 0 Å². The van der Waals surface area contributed by atoms with Crippen molar-refractivity contribution in [3.05, 3.63) is 83.4 Å². The summed E-state index contributed by atoms with van der Waals surface area (Å²) in [4.78, 5) is 15.4. The Morgan fingerprint density at radius 1 is 0.970 bits per heavy atom. The normalized spacial score (nSPS) is 13.3. The van der Waals surface area contributed by atoms with Gasteiger partial charge in [0.25, 0.3) is 5.91 Å². The van der Waals surface area contributed by atoms with Crippen molar-refractivity contribution in [3.8, 4) is 17.2 Å². The molecule has 0 aliphatic carbocycles. The number of para-hydroxylation sites is 3. The second-order valence-electron chi connectivity index (χ2n) is 7.56. The number of carbonyl (C=O) groups excluding carboxylic acids is 1. The van der Waals surface area contributed by atoms with Crippen LogP contribution in [-0.4, -0.2) is 39.4 Å². The van der Waals surface area contributed by atoms with Crippen LogP contribution in [0.5, 0.6) is 17.2 Å². The van der Waals surface area contributed by atoms with Crippen LogP contribution in [0, 0.1) is 0 Å². The highest BCUT2D eigenvalue weighted by atomic mass is 32.2. The Morgan fingerprint density at radius 3 is 2.39 bits per heavy atom. The quantitative estimate of drug-likeness (QED) is 0.569. The molecule has 3 aromatic rings. The molecule has 3 aromatic carbocycles. The van der Waals surface area contributed by atoms with Gasteiger partial charge in [-0.1, -0.05) is 36.4 Å². The van der Waals surface area contributed by atoms with Crippen LogP contribution >= 0.6 is 0 Å². The number of rotatable bonds is 7. The molecule has 33 heavy (non-hydrogen) atoms. The van der Waals surface area contributed by atoms with E-state index in [2.05, 4.69) is 4.72 Å². The molecule has 1 amide bonds. The van der Waals surface area contributed by atoms with Gasteiger partial charge in [0.05, 0.1) is 17.1 Å². The number of carbonyl (C=O) groups is 1. The minimum absolute atomic E-state index is 0.174. The van der Waals surface area contributed by atoms with Crippen LogP contribution in [0.25, 0.3) is 0 Å². The summed E-state index contributed by atoms with van der Waals surface area (Å²) in [6, 6.07) is 19.6. The molecule has 0 saturated carbocycles. The minimum Gasteiger partial charge on any atom is -0.490 e. The summed E-state index contributed by atoms with van der Waals surface area (Å²) >= 11 is 0. The standard InChI is InChI=1S/C25H26N2O5S/c1-3-31-22-12-6-7-13-23(22)32-21-11-5-4-10-20(21)25(28)27-16-15-19-18(17-27)9-8-14-24(19)33(29,30)26-2/h4-14,26H,3,15-17H2,1-2H3. The first-order valence-electron chi connectivity index (χ1n) is 10.8. The molecule has 0 radical (unpaired) electrons. The molecule has 0 spiro atoms. The molecule has 0 atom stereocenters. The first kappa shape index (κ1) is 22.8. The van der Waals surface area contributed by atoms with Crippen molar-refractivity contribution in [1.82, 2.24) is 9.62 Å². The second kappa shape index (κ2) is 9.64. The highest BCUT2D eigenvalue weighted by Crippen LogP contribution is 2.34. The van der Waals surface area contributed by atoms with Crippen molar-refractivity contribution in [2.24, 2.45) is 0 Å². The van der Waals surface area contributed by atoms with Gasteiger partial charge in [-0.25, -0.2) is 13.1 Å². The summed E-state index contributed by atoms with van der Waals surface area (Å²) in [5.74, 6) is 1.40. The number of amides is 1. The van der Waals surface area contributed by atoms with E-state index in [-0.39, 0.29) is 10.8 Å². The maximum Gasteiger partial charge on any atom is 0.257 e. The third-order valence-electron chi connectivity index (χ3n) is 5.55. The lowest BCUT2D eigenvalue weighted by Crippen LogP contribution is -2.37. The third kappa shape index (κ3) is 4.72. The Labute approximate surface area is 194 Å². The Morgan fingerprint density at radius 2 is 1.67 bits per heavy atom. The monoisotopic (exact) mass is 466 g/mol. The van der Waals surface area contributed by atoms with E-state index in [0.717, 1.165) is 11.1 Å². The maximum absolute atomic E-state index is 13.5. The zero-order chi connectivity index (χ0) is 23.4. The molecule has 1 aliphatic rings. The molecule has 0 fully saturated rings. The average Bonchev–Trinajstić information content (AvgIpc) is 2.84. The number of benzene rings is 3. The van der Waals surface area contributed by atoms with Crippen molar-refractivity contribution in [3.63, 3.8) is 0 Å². The van der Waals surface area contributed by atoms with E-state index in [1.165, 1.54) is 7.05 Å². The number of nitrogens with zero attached hydrogens (tertiary/aromatic N) is 1. The van der Waals surface area contributed by atoms with Crippen molar-refractivity contribution >= 4 is 15.9 Å². The van der Waals surface area contributed by atoms with Crippen LogP contribution in [-0.2, 0) is 23.0 Å². The largest absolute Gasteiger partial charge is 0.490 e. The predicted molar refractivity (Wildman–Crippen MR) is 125 cm³/mol. The molecule has 1 aliphatic heterocycles. The van der Waals surface area contributed by atoms with Gasteiger partial charge >= 0.3 is 0 Å². The third-order valence-corrected chi connectivity index (χ3v) is 7.05. The summed E-state index contributed by atoms with van der Waals surface area (Å²) in [6.45, 7) is 3.13. The van der Waals surface area contributed by atoms with Gasteiger partial charge < -0.3 is 14.4 Å². The summed E-state index contributed by atoms with van der Waals surface area (Å²) in [7, 11) is -2.17. The Kier molecular flexibility index (Phi) is 6.67. The van der Waals surface area contributed by atoms with Crippen molar-refractivity contribution < 1.29 is 22.7 Å². The van der Waals surface area contributed by atoms with Crippen molar-refractivity contribution in [2.45, 2.75) is 24.8 Å². The van der Waals surface area contributed by atoms with E-state index in [1.54, 1.807) is 41.3 Å². The molecule has 0 bridgehead atoms. The minimum atomic E-state index is -3.57. The molecule has 7 nitrogen and oxygen atoms in total. The lowest BCUT2D eigenvalue weighted by Gasteiger charge is -2.30. The van der Waals surface area contributed by atoms with Crippen LogP contribution in [0.1, 0.15) is 28.4 Å². The Hall–Kier alpha value is -3.36. The van der Waals surface area contributed by atoms with Gasteiger partial charge in [-0.3, -0.25) is 4.79 Å². The molecule has 0 saturated heterocycles. The SMILES string of the molecule is CCOc1ccccc1Oc1ccccc1C(=O)N1CCc2c(cccc2S(=O)(=O)NC)C1. The lowest BCUT2D eigenvalue weighted by molar-refractivity contribution is 0.0731. The predicted octanol–water partition coefficient (Wildman–Crippen LogP) is 3.98. The van der Waals surface area contributed by atoms with Crippen LogP contribution in [0.3, 0.4) is 0 Å². The molecule has 4 rings (SSSR count). The van der Waals surface area contributed by atoms with Crippen LogP contribution < -0.4 is 14.2 Å². The van der Waals surface area contributed by atoms with Gasteiger partial charge in [0, 0.05) is 13.1 Å². The van der Waals surface area contributed by atoms with Crippen LogP contribution in [0.4, 0.5) is 0 Å². The number of sulfonamides is 1. The van der Waals surface area contributed by atoms with Crippen LogP contribution in [0.15, 0.2) is 71.6 Å². The summed E-state index contributed by atoms with van der Waals surface area (Å²) in [5.41, 5.74) is 2.02. The maximum atomic E-state index is 13.5.